The van der Waals surface area contributed by atoms with E-state index >= 15 is 0 Å². The number of nitrogens with zero attached hydrogens (tertiary/aromatic N) is 1. The van der Waals surface area contributed by atoms with Gasteiger partial charge in [-0.3, -0.25) is 0 Å². The Morgan fingerprint density at radius 2 is 1.76 bits per heavy atom. The van der Waals surface area contributed by atoms with E-state index < -0.39 is 5.97 Å². The third-order valence-corrected chi connectivity index (χ3v) is 3.96. The molecule has 0 fully saturated rings. The zero-order valence-corrected chi connectivity index (χ0v) is 13.6. The van der Waals surface area contributed by atoms with Crippen LogP contribution in [-0.4, -0.2) is 23.8 Å². The van der Waals surface area contributed by atoms with E-state index in [9.17, 15) is 4.79 Å². The van der Waals surface area contributed by atoms with Crippen LogP contribution >= 0.6 is 0 Å². The fourth-order valence-corrected chi connectivity index (χ4v) is 2.76. The van der Waals surface area contributed by atoms with Crippen LogP contribution in [0.3, 0.4) is 0 Å². The molecule has 5 heteroatoms. The van der Waals surface area contributed by atoms with Crippen LogP contribution in [0, 0.1) is 0 Å². The van der Waals surface area contributed by atoms with Crippen LogP contribution < -0.4 is 14.2 Å². The summed E-state index contributed by atoms with van der Waals surface area (Å²) in [7, 11) is 0. The molecule has 0 unspecified atom stereocenters. The summed E-state index contributed by atoms with van der Waals surface area (Å²) in [6.07, 6.45) is 1.87. The van der Waals surface area contributed by atoms with Gasteiger partial charge in [-0.2, -0.15) is 0 Å². The highest BCUT2D eigenvalue weighted by Crippen LogP contribution is 2.33. The molecule has 4 rings (SSSR count). The van der Waals surface area contributed by atoms with Gasteiger partial charge in [0.25, 0.3) is 0 Å². The van der Waals surface area contributed by atoms with E-state index in [-0.39, 0.29) is 0 Å². The highest BCUT2D eigenvalue weighted by Gasteiger charge is 2.17. The van der Waals surface area contributed by atoms with Gasteiger partial charge in [0, 0.05) is 18.8 Å². The molecule has 5 nitrogen and oxygen atoms in total. The fourth-order valence-electron chi connectivity index (χ4n) is 2.76. The summed E-state index contributed by atoms with van der Waals surface area (Å²) >= 11 is 0. The van der Waals surface area contributed by atoms with Gasteiger partial charge in [0.15, 0.2) is 11.5 Å². The summed E-state index contributed by atoms with van der Waals surface area (Å²) in [5.74, 6) is 1.29. The van der Waals surface area contributed by atoms with E-state index in [0.717, 1.165) is 5.56 Å². The van der Waals surface area contributed by atoms with Crippen LogP contribution in [0.4, 0.5) is 0 Å². The molecule has 0 saturated carbocycles. The van der Waals surface area contributed by atoms with Crippen LogP contribution in [0.15, 0.2) is 66.9 Å². The third kappa shape index (κ3) is 3.35. The molecule has 0 bridgehead atoms. The van der Waals surface area contributed by atoms with Crippen molar-refractivity contribution < 1.29 is 19.0 Å². The molecule has 2 heterocycles. The minimum absolute atomic E-state index is 0.405. The summed E-state index contributed by atoms with van der Waals surface area (Å²) in [5, 5.41) is 0. The molecule has 0 N–H and O–H groups in total. The number of esters is 1. The lowest BCUT2D eigenvalue weighted by molar-refractivity contribution is 0.0722. The highest BCUT2D eigenvalue weighted by molar-refractivity contribution is 5.89. The Hall–Kier alpha value is -3.21. The van der Waals surface area contributed by atoms with Crippen molar-refractivity contribution in [2.24, 2.45) is 0 Å². The second-order valence-electron chi connectivity index (χ2n) is 5.70. The minimum Gasteiger partial charge on any atom is -0.486 e. The van der Waals surface area contributed by atoms with Crippen LogP contribution in [0.1, 0.15) is 16.1 Å². The lowest BCUT2D eigenvalue weighted by Gasteiger charge is -2.18. The highest BCUT2D eigenvalue weighted by atomic mass is 16.6. The smallest absolute Gasteiger partial charge is 0.360 e. The Bertz CT molecular complexity index is 886. The normalized spacial score (nSPS) is 12.6. The van der Waals surface area contributed by atoms with Crippen LogP contribution in [0.5, 0.6) is 17.2 Å². The lowest BCUT2D eigenvalue weighted by Crippen LogP contribution is -2.17. The fraction of sp³-hybridized carbons (Fsp3) is 0.150. The molecule has 0 saturated heterocycles. The van der Waals surface area contributed by atoms with Gasteiger partial charge in [-0.25, -0.2) is 4.79 Å². The first-order valence-electron chi connectivity index (χ1n) is 8.10. The molecule has 0 radical (unpaired) electrons. The van der Waals surface area contributed by atoms with E-state index in [1.54, 1.807) is 24.3 Å². The molecule has 3 aromatic rings. The number of carbonyl (C=O) groups excluding carboxylic acids is 1. The van der Waals surface area contributed by atoms with Crippen molar-refractivity contribution in [3.05, 3.63) is 78.1 Å². The van der Waals surface area contributed by atoms with Gasteiger partial charge in [0.2, 0.25) is 0 Å². The molecule has 1 aromatic heterocycles. The van der Waals surface area contributed by atoms with Gasteiger partial charge >= 0.3 is 5.97 Å². The topological polar surface area (TPSA) is 49.7 Å². The Labute approximate surface area is 145 Å². The number of hydrogen-bond acceptors (Lipinski definition) is 4. The predicted octanol–water partition coefficient (Wildman–Crippen LogP) is 3.53. The van der Waals surface area contributed by atoms with Crippen LogP contribution in [0.2, 0.25) is 0 Å². The van der Waals surface area contributed by atoms with Gasteiger partial charge in [-0.05, 0) is 29.8 Å². The van der Waals surface area contributed by atoms with Gasteiger partial charge in [-0.15, -0.1) is 0 Å². The predicted molar refractivity (Wildman–Crippen MR) is 92.4 cm³/mol. The second kappa shape index (κ2) is 6.73. The van der Waals surface area contributed by atoms with E-state index in [1.165, 1.54) is 0 Å². The molecule has 25 heavy (non-hydrogen) atoms. The van der Waals surface area contributed by atoms with Crippen molar-refractivity contribution in [2.45, 2.75) is 6.54 Å². The Balaban J connectivity index is 1.51. The molecule has 0 spiro atoms. The van der Waals surface area contributed by atoms with Crippen molar-refractivity contribution in [1.82, 2.24) is 4.57 Å². The molecule has 1 aliphatic heterocycles. The van der Waals surface area contributed by atoms with E-state index in [0.29, 0.717) is 42.7 Å². The molecular weight excluding hydrogens is 318 g/mol. The Kier molecular flexibility index (Phi) is 4.12. The Morgan fingerprint density at radius 1 is 0.960 bits per heavy atom. The summed E-state index contributed by atoms with van der Waals surface area (Å²) in [6, 6.07) is 18.7. The van der Waals surface area contributed by atoms with Gasteiger partial charge in [0.1, 0.15) is 24.7 Å². The number of benzene rings is 2. The molecule has 0 atom stereocenters. The van der Waals surface area contributed by atoms with Gasteiger partial charge in [0.05, 0.1) is 0 Å². The van der Waals surface area contributed by atoms with Crippen LogP contribution in [-0.2, 0) is 6.54 Å². The van der Waals surface area contributed by atoms with Crippen LogP contribution in [0.25, 0.3) is 0 Å². The van der Waals surface area contributed by atoms with E-state index in [4.69, 9.17) is 14.2 Å². The molecular formula is C20H17NO4. The van der Waals surface area contributed by atoms with Crippen molar-refractivity contribution in [3.63, 3.8) is 0 Å². The maximum Gasteiger partial charge on any atom is 0.360 e. The monoisotopic (exact) mass is 335 g/mol. The standard InChI is InChI=1S/C20H17NO4/c22-20(25-16-8-9-18-19(13-16)24-12-11-23-18)17-7-4-10-21(17)14-15-5-2-1-3-6-15/h1-10,13H,11-12,14H2. The van der Waals surface area contributed by atoms with Gasteiger partial charge < -0.3 is 18.8 Å². The van der Waals surface area contributed by atoms with Crippen molar-refractivity contribution in [2.75, 3.05) is 13.2 Å². The summed E-state index contributed by atoms with van der Waals surface area (Å²) in [5.41, 5.74) is 1.62. The first-order valence-corrected chi connectivity index (χ1v) is 8.10. The van der Waals surface area contributed by atoms with E-state index in [1.807, 2.05) is 47.2 Å². The second-order valence-corrected chi connectivity index (χ2v) is 5.70. The average molecular weight is 335 g/mol. The number of ether oxygens (including phenoxy) is 3. The molecule has 1 aliphatic rings. The maximum atomic E-state index is 12.5. The number of aromatic nitrogens is 1. The van der Waals surface area contributed by atoms with Crippen molar-refractivity contribution in [1.29, 1.82) is 0 Å². The SMILES string of the molecule is O=C(Oc1ccc2c(c1)OCCO2)c1cccn1Cc1ccccc1. The largest absolute Gasteiger partial charge is 0.486 e. The number of fused-ring (bicyclic) bond motifs is 1. The molecule has 0 amide bonds. The van der Waals surface area contributed by atoms with Crippen molar-refractivity contribution >= 4 is 5.97 Å². The quantitative estimate of drug-likeness (QED) is 0.541. The first-order chi connectivity index (χ1) is 12.3. The summed E-state index contributed by atoms with van der Waals surface area (Å²) in [6.45, 7) is 1.63. The number of rotatable bonds is 4. The average Bonchev–Trinajstić information content (AvgIpc) is 3.11. The number of carbonyl (C=O) groups is 1. The maximum absolute atomic E-state index is 12.5. The zero-order chi connectivity index (χ0) is 17.1. The lowest BCUT2D eigenvalue weighted by atomic mass is 10.2. The third-order valence-electron chi connectivity index (χ3n) is 3.96. The zero-order valence-electron chi connectivity index (χ0n) is 13.6. The first kappa shape index (κ1) is 15.3. The summed E-state index contributed by atoms with van der Waals surface area (Å²) < 4.78 is 18.4. The molecule has 126 valence electrons. The van der Waals surface area contributed by atoms with E-state index in [2.05, 4.69) is 0 Å². The van der Waals surface area contributed by atoms with Crippen molar-refractivity contribution in [3.8, 4) is 17.2 Å². The summed E-state index contributed by atoms with van der Waals surface area (Å²) in [4.78, 5) is 12.5. The number of hydrogen-bond donors (Lipinski definition) is 0. The Morgan fingerprint density at radius 3 is 2.60 bits per heavy atom. The molecule has 0 aliphatic carbocycles. The molecule has 2 aromatic carbocycles. The minimum atomic E-state index is -0.405. The van der Waals surface area contributed by atoms with Gasteiger partial charge in [-0.1, -0.05) is 30.3 Å².